The van der Waals surface area contributed by atoms with Crippen LogP contribution in [-0.2, 0) is 0 Å². The van der Waals surface area contributed by atoms with Crippen molar-refractivity contribution in [1.29, 1.82) is 0 Å². The monoisotopic (exact) mass is 450 g/mol. The molecule has 1 aliphatic heterocycles. The minimum absolute atomic E-state index is 0.114. The fraction of sp³-hybridized carbons (Fsp3) is 0.172. The number of nitrogens with zero attached hydrogens (tertiary/aromatic N) is 2. The van der Waals surface area contributed by atoms with Crippen LogP contribution in [0.15, 0.2) is 84.8 Å². The van der Waals surface area contributed by atoms with E-state index in [1.54, 1.807) is 6.08 Å². The molecule has 5 nitrogen and oxygen atoms in total. The number of ketones is 1. The Balaban J connectivity index is 1.52. The van der Waals surface area contributed by atoms with E-state index >= 15 is 0 Å². The van der Waals surface area contributed by atoms with Crippen molar-refractivity contribution in [2.45, 2.75) is 26.7 Å². The second-order valence-corrected chi connectivity index (χ2v) is 8.38. The highest BCUT2D eigenvalue weighted by Crippen LogP contribution is 2.34. The summed E-state index contributed by atoms with van der Waals surface area (Å²) in [6.07, 6.45) is 5.83. The molecule has 1 aromatic heterocycles. The molecule has 0 atom stereocenters. The van der Waals surface area contributed by atoms with E-state index in [-0.39, 0.29) is 5.78 Å². The maximum absolute atomic E-state index is 13.0. The van der Waals surface area contributed by atoms with Crippen LogP contribution >= 0.6 is 0 Å². The molecule has 4 aromatic rings. The summed E-state index contributed by atoms with van der Waals surface area (Å²) in [4.78, 5) is 13.0. The summed E-state index contributed by atoms with van der Waals surface area (Å²) in [5.41, 5.74) is 5.05. The minimum Gasteiger partial charge on any atom is -0.494 e. The van der Waals surface area contributed by atoms with Gasteiger partial charge in [-0.15, -0.1) is 0 Å². The van der Waals surface area contributed by atoms with Crippen LogP contribution < -0.4 is 9.47 Å². The van der Waals surface area contributed by atoms with E-state index in [2.05, 4.69) is 6.92 Å². The molecule has 0 bridgehead atoms. The van der Waals surface area contributed by atoms with Gasteiger partial charge in [-0.2, -0.15) is 5.10 Å². The number of carbonyl (C=O) groups is 1. The number of para-hydroxylation sites is 1. The van der Waals surface area contributed by atoms with Crippen molar-refractivity contribution in [2.24, 2.45) is 0 Å². The fourth-order valence-electron chi connectivity index (χ4n) is 3.92. The van der Waals surface area contributed by atoms with Gasteiger partial charge < -0.3 is 9.47 Å². The zero-order valence-corrected chi connectivity index (χ0v) is 19.3. The van der Waals surface area contributed by atoms with Gasteiger partial charge in [0, 0.05) is 17.3 Å². The molecular weight excluding hydrogens is 424 g/mol. The van der Waals surface area contributed by atoms with Crippen LogP contribution in [0, 0.1) is 6.92 Å². The number of carbonyl (C=O) groups excluding carboxylic acids is 1. The van der Waals surface area contributed by atoms with Gasteiger partial charge in [0.25, 0.3) is 0 Å². The number of Topliss-reactive ketones (excluding diaryl/α,β-unsaturated/α-hetero) is 1. The lowest BCUT2D eigenvalue weighted by Crippen LogP contribution is -1.98. The number of fused-ring (bicyclic) bond motifs is 1. The summed E-state index contributed by atoms with van der Waals surface area (Å²) < 4.78 is 13.5. The first-order valence-corrected chi connectivity index (χ1v) is 11.6. The molecule has 0 aliphatic carbocycles. The van der Waals surface area contributed by atoms with E-state index in [0.29, 0.717) is 23.7 Å². The highest BCUT2D eigenvalue weighted by molar-refractivity contribution is 6.14. The maximum atomic E-state index is 13.0. The number of unbranched alkanes of at least 4 members (excludes halogenated alkanes) is 1. The number of benzene rings is 3. The SMILES string of the molecule is CCCCOc1ccc(-c2nn(-c3ccccc3)cc2/C=C2\Oc3ccc(C)cc3C2=O)cc1. The first kappa shape index (κ1) is 21.7. The molecule has 0 saturated carbocycles. The lowest BCUT2D eigenvalue weighted by atomic mass is 10.0. The van der Waals surface area contributed by atoms with Crippen LogP contribution in [0.5, 0.6) is 11.5 Å². The number of ether oxygens (including phenoxy) is 2. The van der Waals surface area contributed by atoms with Crippen molar-refractivity contribution in [1.82, 2.24) is 9.78 Å². The van der Waals surface area contributed by atoms with Gasteiger partial charge in [0.2, 0.25) is 5.78 Å². The second kappa shape index (κ2) is 9.40. The molecule has 170 valence electrons. The molecule has 3 aromatic carbocycles. The van der Waals surface area contributed by atoms with Gasteiger partial charge in [-0.3, -0.25) is 4.79 Å². The van der Waals surface area contributed by atoms with E-state index < -0.39 is 0 Å². The molecule has 0 saturated heterocycles. The van der Waals surface area contributed by atoms with Gasteiger partial charge in [-0.1, -0.05) is 43.2 Å². The number of aromatic nitrogens is 2. The Hall–Kier alpha value is -4.12. The molecule has 0 unspecified atom stereocenters. The van der Waals surface area contributed by atoms with Crippen LogP contribution in [-0.4, -0.2) is 22.2 Å². The molecule has 0 radical (unpaired) electrons. The van der Waals surface area contributed by atoms with Gasteiger partial charge in [-0.25, -0.2) is 4.68 Å². The Morgan fingerprint density at radius 1 is 1.03 bits per heavy atom. The summed E-state index contributed by atoms with van der Waals surface area (Å²) in [6, 6.07) is 23.5. The number of aryl methyl sites for hydroxylation is 1. The number of allylic oxidation sites excluding steroid dienone is 1. The Kier molecular flexibility index (Phi) is 6.00. The first-order chi connectivity index (χ1) is 16.6. The third kappa shape index (κ3) is 4.37. The van der Waals surface area contributed by atoms with Crippen molar-refractivity contribution in [2.75, 3.05) is 6.61 Å². The highest BCUT2D eigenvalue weighted by atomic mass is 16.5. The number of hydrogen-bond acceptors (Lipinski definition) is 4. The molecule has 5 heteroatoms. The van der Waals surface area contributed by atoms with Gasteiger partial charge in [0.15, 0.2) is 5.76 Å². The topological polar surface area (TPSA) is 53.4 Å². The van der Waals surface area contributed by atoms with Gasteiger partial charge in [-0.05, 0) is 68.0 Å². The van der Waals surface area contributed by atoms with Gasteiger partial charge in [0.05, 0.1) is 17.9 Å². The summed E-state index contributed by atoms with van der Waals surface area (Å²) in [5, 5.41) is 4.85. The van der Waals surface area contributed by atoms with Gasteiger partial charge >= 0.3 is 0 Å². The van der Waals surface area contributed by atoms with E-state index in [0.717, 1.165) is 46.7 Å². The first-order valence-electron chi connectivity index (χ1n) is 11.6. The largest absolute Gasteiger partial charge is 0.494 e. The van der Waals surface area contributed by atoms with Crippen molar-refractivity contribution >= 4 is 11.9 Å². The Morgan fingerprint density at radius 3 is 2.59 bits per heavy atom. The lowest BCUT2D eigenvalue weighted by Gasteiger charge is -2.06. The Bertz CT molecular complexity index is 1350. The van der Waals surface area contributed by atoms with Crippen molar-refractivity contribution in [3.8, 4) is 28.4 Å². The summed E-state index contributed by atoms with van der Waals surface area (Å²) in [7, 11) is 0. The molecule has 2 heterocycles. The van der Waals surface area contributed by atoms with Crippen LogP contribution in [0.25, 0.3) is 23.0 Å². The van der Waals surface area contributed by atoms with Crippen molar-refractivity contribution in [3.63, 3.8) is 0 Å². The highest BCUT2D eigenvalue weighted by Gasteiger charge is 2.28. The third-order valence-electron chi connectivity index (χ3n) is 5.77. The zero-order valence-electron chi connectivity index (χ0n) is 19.3. The number of rotatable bonds is 7. The molecule has 0 spiro atoms. The van der Waals surface area contributed by atoms with Crippen LogP contribution in [0.1, 0.15) is 41.3 Å². The quantitative estimate of drug-likeness (QED) is 0.234. The summed E-state index contributed by atoms with van der Waals surface area (Å²) in [6.45, 7) is 4.81. The molecule has 5 rings (SSSR count). The fourth-order valence-corrected chi connectivity index (χ4v) is 3.92. The summed E-state index contributed by atoms with van der Waals surface area (Å²) in [5.74, 6) is 1.61. The van der Waals surface area contributed by atoms with E-state index in [9.17, 15) is 4.79 Å². The van der Waals surface area contributed by atoms with Crippen molar-refractivity contribution in [3.05, 3.63) is 101 Å². The smallest absolute Gasteiger partial charge is 0.231 e. The lowest BCUT2D eigenvalue weighted by molar-refractivity contribution is 0.101. The minimum atomic E-state index is -0.114. The van der Waals surface area contributed by atoms with Crippen molar-refractivity contribution < 1.29 is 14.3 Å². The van der Waals surface area contributed by atoms with E-state index in [1.807, 2.05) is 90.6 Å². The normalized spacial score (nSPS) is 13.7. The molecule has 0 N–H and O–H groups in total. The maximum Gasteiger partial charge on any atom is 0.231 e. The average Bonchev–Trinajstić information content (AvgIpc) is 3.42. The molecule has 0 amide bonds. The number of hydrogen-bond donors (Lipinski definition) is 0. The van der Waals surface area contributed by atoms with E-state index in [4.69, 9.17) is 14.6 Å². The zero-order chi connectivity index (χ0) is 23.5. The summed E-state index contributed by atoms with van der Waals surface area (Å²) >= 11 is 0. The Labute approximate surface area is 199 Å². The van der Waals surface area contributed by atoms with E-state index in [1.165, 1.54) is 0 Å². The standard InChI is InChI=1S/C29H26N2O3/c1-3-4-16-33-24-13-11-21(12-14-24)28-22(19-31(30-28)23-8-6-5-7-9-23)18-27-29(32)25-17-20(2)10-15-26(25)34-27/h5-15,17-19H,3-4,16H2,1-2H3/b27-18-. The van der Waals surface area contributed by atoms with Gasteiger partial charge in [0.1, 0.15) is 17.2 Å². The Morgan fingerprint density at radius 2 is 1.82 bits per heavy atom. The van der Waals surface area contributed by atoms with Crippen LogP contribution in [0.2, 0.25) is 0 Å². The average molecular weight is 451 g/mol. The molecule has 34 heavy (non-hydrogen) atoms. The predicted octanol–water partition coefficient (Wildman–Crippen LogP) is 6.64. The second-order valence-electron chi connectivity index (χ2n) is 8.38. The molecule has 1 aliphatic rings. The van der Waals surface area contributed by atoms with Crippen LogP contribution in [0.3, 0.4) is 0 Å². The molecule has 0 fully saturated rings. The van der Waals surface area contributed by atoms with Crippen LogP contribution in [0.4, 0.5) is 0 Å². The predicted molar refractivity (Wildman–Crippen MR) is 134 cm³/mol. The molecular formula is C29H26N2O3. The third-order valence-corrected chi connectivity index (χ3v) is 5.77.